The van der Waals surface area contributed by atoms with Crippen molar-refractivity contribution >= 4 is 11.0 Å². The number of hydrogen-bond donors (Lipinski definition) is 1. The summed E-state index contributed by atoms with van der Waals surface area (Å²) in [6.45, 7) is 0. The maximum atomic E-state index is 6.31. The standard InChI is InChI=1S/C16H21N3/c17-13(10-12-6-2-1-3-7-12)16-11-18-14-8-4-5-9-15(14)19-16/h4-5,8-9,11-13H,1-3,6-7,10,17H2. The van der Waals surface area contributed by atoms with Gasteiger partial charge in [-0.15, -0.1) is 0 Å². The van der Waals surface area contributed by atoms with E-state index in [0.29, 0.717) is 0 Å². The Morgan fingerprint density at radius 2 is 1.84 bits per heavy atom. The number of rotatable bonds is 3. The van der Waals surface area contributed by atoms with Crippen molar-refractivity contribution in [2.24, 2.45) is 11.7 Å². The van der Waals surface area contributed by atoms with Crippen LogP contribution in [0.15, 0.2) is 30.5 Å². The van der Waals surface area contributed by atoms with Gasteiger partial charge in [0.15, 0.2) is 0 Å². The topological polar surface area (TPSA) is 51.8 Å². The molecule has 3 heteroatoms. The van der Waals surface area contributed by atoms with Crippen LogP contribution in [0.3, 0.4) is 0 Å². The summed E-state index contributed by atoms with van der Waals surface area (Å²) in [5.74, 6) is 0.775. The normalized spacial score (nSPS) is 18.6. The zero-order valence-electron chi connectivity index (χ0n) is 11.3. The molecule has 3 rings (SSSR count). The van der Waals surface area contributed by atoms with E-state index >= 15 is 0 Å². The Morgan fingerprint density at radius 1 is 1.11 bits per heavy atom. The van der Waals surface area contributed by atoms with Crippen LogP contribution in [0.5, 0.6) is 0 Å². The van der Waals surface area contributed by atoms with E-state index in [1.54, 1.807) is 0 Å². The van der Waals surface area contributed by atoms with Gasteiger partial charge >= 0.3 is 0 Å². The second kappa shape index (κ2) is 5.66. The summed E-state index contributed by atoms with van der Waals surface area (Å²) >= 11 is 0. The molecule has 1 aromatic heterocycles. The van der Waals surface area contributed by atoms with Crippen molar-refractivity contribution in [1.29, 1.82) is 0 Å². The van der Waals surface area contributed by atoms with Crippen LogP contribution in [0.1, 0.15) is 50.3 Å². The Labute approximate surface area is 114 Å². The third-order valence-electron chi connectivity index (χ3n) is 4.16. The fraction of sp³-hybridized carbons (Fsp3) is 0.500. The molecule has 2 N–H and O–H groups in total. The van der Waals surface area contributed by atoms with Gasteiger partial charge in [0.1, 0.15) is 0 Å². The minimum absolute atomic E-state index is 0.0280. The number of fused-ring (bicyclic) bond motifs is 1. The molecule has 1 heterocycles. The number of benzene rings is 1. The van der Waals surface area contributed by atoms with Crippen molar-refractivity contribution in [1.82, 2.24) is 9.97 Å². The number of hydrogen-bond acceptors (Lipinski definition) is 3. The predicted octanol–water partition coefficient (Wildman–Crippen LogP) is 3.60. The van der Waals surface area contributed by atoms with Crippen LogP contribution in [-0.2, 0) is 0 Å². The van der Waals surface area contributed by atoms with Gasteiger partial charge in [-0.3, -0.25) is 4.98 Å². The summed E-state index contributed by atoms with van der Waals surface area (Å²) in [6.07, 6.45) is 9.66. The molecule has 1 aliphatic carbocycles. The van der Waals surface area contributed by atoms with Crippen molar-refractivity contribution in [2.75, 3.05) is 0 Å². The molecular weight excluding hydrogens is 234 g/mol. The quantitative estimate of drug-likeness (QED) is 0.911. The maximum absolute atomic E-state index is 6.31. The highest BCUT2D eigenvalue weighted by atomic mass is 14.8. The number of aromatic nitrogens is 2. The van der Waals surface area contributed by atoms with Crippen LogP contribution in [0.4, 0.5) is 0 Å². The third-order valence-corrected chi connectivity index (χ3v) is 4.16. The minimum Gasteiger partial charge on any atom is -0.323 e. The summed E-state index contributed by atoms with van der Waals surface area (Å²) in [5, 5.41) is 0. The summed E-state index contributed by atoms with van der Waals surface area (Å²) < 4.78 is 0. The first kappa shape index (κ1) is 12.5. The van der Waals surface area contributed by atoms with Crippen molar-refractivity contribution in [3.8, 4) is 0 Å². The number of nitrogens with zero attached hydrogens (tertiary/aromatic N) is 2. The highest BCUT2D eigenvalue weighted by molar-refractivity contribution is 5.73. The summed E-state index contributed by atoms with van der Waals surface area (Å²) in [6, 6.07) is 7.99. The van der Waals surface area contributed by atoms with E-state index in [2.05, 4.69) is 9.97 Å². The Kier molecular flexibility index (Phi) is 3.74. The molecule has 2 aromatic rings. The lowest BCUT2D eigenvalue weighted by Crippen LogP contribution is -2.18. The molecule has 0 saturated heterocycles. The van der Waals surface area contributed by atoms with E-state index in [0.717, 1.165) is 29.1 Å². The Bertz CT molecular complexity index is 546. The maximum Gasteiger partial charge on any atom is 0.0890 e. The average molecular weight is 255 g/mol. The first-order valence-electron chi connectivity index (χ1n) is 7.30. The first-order valence-corrected chi connectivity index (χ1v) is 7.30. The highest BCUT2D eigenvalue weighted by Crippen LogP contribution is 2.30. The highest BCUT2D eigenvalue weighted by Gasteiger charge is 2.18. The molecule has 0 amide bonds. The minimum atomic E-state index is 0.0280. The van der Waals surface area contributed by atoms with Crippen LogP contribution in [0, 0.1) is 5.92 Å². The Hall–Kier alpha value is -1.48. The fourth-order valence-corrected chi connectivity index (χ4v) is 3.05. The van der Waals surface area contributed by atoms with Crippen LogP contribution in [0.25, 0.3) is 11.0 Å². The van der Waals surface area contributed by atoms with Crippen molar-refractivity contribution in [3.63, 3.8) is 0 Å². The van der Waals surface area contributed by atoms with E-state index in [9.17, 15) is 0 Å². The van der Waals surface area contributed by atoms with E-state index in [1.807, 2.05) is 30.5 Å². The SMILES string of the molecule is NC(CC1CCCCC1)c1cnc2ccccc2n1. The lowest BCUT2D eigenvalue weighted by Gasteiger charge is -2.24. The molecule has 19 heavy (non-hydrogen) atoms. The van der Waals surface area contributed by atoms with Gasteiger partial charge in [0.2, 0.25) is 0 Å². The van der Waals surface area contributed by atoms with Gasteiger partial charge in [-0.1, -0.05) is 44.2 Å². The van der Waals surface area contributed by atoms with Crippen molar-refractivity contribution in [2.45, 2.75) is 44.6 Å². The van der Waals surface area contributed by atoms with Crippen LogP contribution >= 0.6 is 0 Å². The summed E-state index contributed by atoms with van der Waals surface area (Å²) in [4.78, 5) is 9.11. The largest absolute Gasteiger partial charge is 0.323 e. The van der Waals surface area contributed by atoms with Crippen LogP contribution in [-0.4, -0.2) is 9.97 Å². The molecule has 1 aromatic carbocycles. The predicted molar refractivity (Wildman–Crippen MR) is 77.7 cm³/mol. The Balaban J connectivity index is 1.75. The molecular formula is C16H21N3. The van der Waals surface area contributed by atoms with E-state index < -0.39 is 0 Å². The van der Waals surface area contributed by atoms with Crippen molar-refractivity contribution < 1.29 is 0 Å². The average Bonchev–Trinajstić information content (AvgIpc) is 2.48. The molecule has 1 fully saturated rings. The Morgan fingerprint density at radius 3 is 2.63 bits per heavy atom. The van der Waals surface area contributed by atoms with Gasteiger partial charge in [-0.05, 0) is 24.5 Å². The molecule has 0 spiro atoms. The van der Waals surface area contributed by atoms with E-state index in [4.69, 9.17) is 5.73 Å². The molecule has 1 saturated carbocycles. The van der Waals surface area contributed by atoms with Gasteiger partial charge in [-0.2, -0.15) is 0 Å². The number of para-hydroxylation sites is 2. The van der Waals surface area contributed by atoms with Crippen LogP contribution < -0.4 is 5.73 Å². The second-order valence-corrected chi connectivity index (χ2v) is 5.63. The van der Waals surface area contributed by atoms with Gasteiger partial charge in [0, 0.05) is 6.04 Å². The second-order valence-electron chi connectivity index (χ2n) is 5.63. The number of nitrogens with two attached hydrogens (primary N) is 1. The summed E-state index contributed by atoms with van der Waals surface area (Å²) in [7, 11) is 0. The van der Waals surface area contributed by atoms with E-state index in [1.165, 1.54) is 32.1 Å². The van der Waals surface area contributed by atoms with Gasteiger partial charge in [0.25, 0.3) is 0 Å². The molecule has 1 atom stereocenters. The molecule has 1 aliphatic rings. The van der Waals surface area contributed by atoms with Gasteiger partial charge < -0.3 is 5.73 Å². The van der Waals surface area contributed by atoms with Crippen molar-refractivity contribution in [3.05, 3.63) is 36.2 Å². The molecule has 1 unspecified atom stereocenters. The molecule has 0 radical (unpaired) electrons. The zero-order chi connectivity index (χ0) is 13.1. The lowest BCUT2D eigenvalue weighted by molar-refractivity contribution is 0.317. The van der Waals surface area contributed by atoms with Crippen LogP contribution in [0.2, 0.25) is 0 Å². The lowest BCUT2D eigenvalue weighted by atomic mass is 9.84. The first-order chi connectivity index (χ1) is 9.33. The molecule has 100 valence electrons. The smallest absolute Gasteiger partial charge is 0.0890 e. The third kappa shape index (κ3) is 2.92. The molecule has 0 aliphatic heterocycles. The molecule has 0 bridgehead atoms. The van der Waals surface area contributed by atoms with Gasteiger partial charge in [-0.25, -0.2) is 4.98 Å². The van der Waals surface area contributed by atoms with E-state index in [-0.39, 0.29) is 6.04 Å². The summed E-state index contributed by atoms with van der Waals surface area (Å²) in [5.41, 5.74) is 9.13. The fourth-order valence-electron chi connectivity index (χ4n) is 3.05. The monoisotopic (exact) mass is 255 g/mol. The molecule has 3 nitrogen and oxygen atoms in total. The zero-order valence-corrected chi connectivity index (χ0v) is 11.3. The van der Waals surface area contributed by atoms with Gasteiger partial charge in [0.05, 0.1) is 22.9 Å².